The molecule has 7 nitrogen and oxygen atoms in total. The maximum atomic E-state index is 12.0. The van der Waals surface area contributed by atoms with Gasteiger partial charge in [-0.2, -0.15) is 0 Å². The van der Waals surface area contributed by atoms with Crippen molar-refractivity contribution in [3.05, 3.63) is 11.3 Å². The highest BCUT2D eigenvalue weighted by atomic mass is 32.2. The number of nitrogens with zero attached hydrogens (tertiary/aromatic N) is 1. The fourth-order valence-corrected chi connectivity index (χ4v) is 3.52. The third-order valence-electron chi connectivity index (χ3n) is 3.09. The molecule has 2 atom stereocenters. The molecule has 20 heavy (non-hydrogen) atoms. The third kappa shape index (κ3) is 2.43. The van der Waals surface area contributed by atoms with Gasteiger partial charge in [0.05, 0.1) is 6.42 Å². The van der Waals surface area contributed by atoms with Crippen LogP contribution in [0.4, 0.5) is 0 Å². The Kier molecular flexibility index (Phi) is 3.85. The van der Waals surface area contributed by atoms with E-state index in [0.717, 1.165) is 0 Å². The maximum Gasteiger partial charge on any atom is 0.352 e. The number of carbonyl (C=O) groups excluding carboxylic acids is 3. The number of nitrogens with one attached hydrogen (secondary N) is 1. The highest BCUT2D eigenvalue weighted by Gasteiger charge is 2.53. The monoisotopic (exact) mass is 298 g/mol. The molecule has 2 N–H and O–H groups in total. The smallest absolute Gasteiger partial charge is 0.352 e. The summed E-state index contributed by atoms with van der Waals surface area (Å²) < 4.78 is 0. The lowest BCUT2D eigenvalue weighted by Crippen LogP contribution is -2.70. The minimum Gasteiger partial charge on any atom is -0.477 e. The van der Waals surface area contributed by atoms with Gasteiger partial charge in [-0.3, -0.25) is 19.3 Å². The molecule has 0 saturated carbocycles. The Morgan fingerprint density at radius 3 is 2.65 bits per heavy atom. The van der Waals surface area contributed by atoms with E-state index in [4.69, 9.17) is 5.11 Å². The van der Waals surface area contributed by atoms with Crippen LogP contribution in [0.1, 0.15) is 20.3 Å². The molecule has 0 aromatic heterocycles. The molecule has 1 saturated heterocycles. The molecule has 8 heteroatoms. The second-order valence-electron chi connectivity index (χ2n) is 4.77. The highest BCUT2D eigenvalue weighted by Crippen LogP contribution is 2.40. The highest BCUT2D eigenvalue weighted by molar-refractivity contribution is 8.00. The number of Topliss-reactive ketones (excluding diaryl/α,β-unsaturated/α-hetero) is 1. The molecule has 0 spiro atoms. The number of hydrogen-bond donors (Lipinski definition) is 2. The molecule has 0 bridgehead atoms. The Hall–Kier alpha value is -1.83. The minimum absolute atomic E-state index is 0.00387. The van der Waals surface area contributed by atoms with Crippen LogP contribution in [-0.4, -0.2) is 50.7 Å². The summed E-state index contributed by atoms with van der Waals surface area (Å²) in [5.74, 6) is -1.90. The van der Waals surface area contributed by atoms with Crippen LogP contribution in [0.25, 0.3) is 0 Å². The Morgan fingerprint density at radius 2 is 2.10 bits per heavy atom. The third-order valence-corrected chi connectivity index (χ3v) is 4.51. The normalized spacial score (nSPS) is 24.9. The van der Waals surface area contributed by atoms with Gasteiger partial charge in [0.1, 0.15) is 22.9 Å². The van der Waals surface area contributed by atoms with E-state index in [-0.39, 0.29) is 17.9 Å². The van der Waals surface area contributed by atoms with Gasteiger partial charge in [-0.1, -0.05) is 0 Å². The van der Waals surface area contributed by atoms with Crippen LogP contribution in [0.3, 0.4) is 0 Å². The van der Waals surface area contributed by atoms with Crippen molar-refractivity contribution in [2.75, 3.05) is 5.75 Å². The molecule has 2 amide bonds. The van der Waals surface area contributed by atoms with E-state index in [9.17, 15) is 19.2 Å². The number of rotatable bonds is 4. The van der Waals surface area contributed by atoms with Gasteiger partial charge in [-0.15, -0.1) is 11.8 Å². The number of ketones is 1. The summed E-state index contributed by atoms with van der Waals surface area (Å²) in [7, 11) is 0. The summed E-state index contributed by atoms with van der Waals surface area (Å²) >= 11 is 1.40. The fourth-order valence-electron chi connectivity index (χ4n) is 2.23. The van der Waals surface area contributed by atoms with Gasteiger partial charge < -0.3 is 10.4 Å². The van der Waals surface area contributed by atoms with Crippen molar-refractivity contribution in [2.24, 2.45) is 0 Å². The number of hydrogen-bond acceptors (Lipinski definition) is 5. The number of carboxylic acid groups (broad SMARTS) is 1. The average molecular weight is 298 g/mol. The number of carbonyl (C=O) groups is 4. The number of thioether (sulfide) groups is 1. The van der Waals surface area contributed by atoms with E-state index < -0.39 is 29.2 Å². The summed E-state index contributed by atoms with van der Waals surface area (Å²) in [5, 5.41) is 11.2. The molecular weight excluding hydrogens is 284 g/mol. The summed E-state index contributed by atoms with van der Waals surface area (Å²) in [6.07, 6.45) is -0.276. The van der Waals surface area contributed by atoms with E-state index in [2.05, 4.69) is 5.32 Å². The van der Waals surface area contributed by atoms with Gasteiger partial charge in [0.15, 0.2) is 0 Å². The Labute approximate surface area is 119 Å². The second kappa shape index (κ2) is 5.28. The van der Waals surface area contributed by atoms with Crippen molar-refractivity contribution in [2.45, 2.75) is 31.7 Å². The van der Waals surface area contributed by atoms with Gasteiger partial charge in [0.25, 0.3) is 5.91 Å². The van der Waals surface area contributed by atoms with Crippen LogP contribution in [0, 0.1) is 0 Å². The summed E-state index contributed by atoms with van der Waals surface area (Å²) in [6.45, 7) is 2.96. The Morgan fingerprint density at radius 1 is 1.45 bits per heavy atom. The minimum atomic E-state index is -1.14. The lowest BCUT2D eigenvalue weighted by Gasteiger charge is -2.49. The van der Waals surface area contributed by atoms with E-state index in [0.29, 0.717) is 11.3 Å². The summed E-state index contributed by atoms with van der Waals surface area (Å²) in [5.41, 5.74) is 0.622. The standard InChI is InChI=1S/C12H14N2O5S/c1-5-4-20-11-8(13-7(16)3-6(2)15)10(17)14(11)9(5)12(18)19/h8,11H,3-4H2,1-2H3,(H,13,16)(H,18,19)/t8?,11-/m0/s1. The summed E-state index contributed by atoms with van der Waals surface area (Å²) in [6, 6.07) is -0.755. The number of fused-ring (bicyclic) bond motifs is 1. The lowest BCUT2D eigenvalue weighted by molar-refractivity contribution is -0.150. The molecule has 0 aliphatic carbocycles. The van der Waals surface area contributed by atoms with Crippen molar-refractivity contribution in [3.63, 3.8) is 0 Å². The number of aliphatic carboxylic acids is 1. The zero-order chi connectivity index (χ0) is 15.0. The van der Waals surface area contributed by atoms with Gasteiger partial charge in [-0.05, 0) is 19.4 Å². The molecular formula is C12H14N2O5S. The van der Waals surface area contributed by atoms with Gasteiger partial charge >= 0.3 is 5.97 Å². The fraction of sp³-hybridized carbons (Fsp3) is 0.500. The molecule has 1 unspecified atom stereocenters. The zero-order valence-electron chi connectivity index (χ0n) is 11.0. The zero-order valence-corrected chi connectivity index (χ0v) is 11.8. The Balaban J connectivity index is 2.10. The van der Waals surface area contributed by atoms with E-state index in [1.807, 2.05) is 0 Å². The first-order chi connectivity index (χ1) is 9.32. The predicted molar refractivity (Wildman–Crippen MR) is 70.7 cm³/mol. The first-order valence-electron chi connectivity index (χ1n) is 5.99. The van der Waals surface area contributed by atoms with Gasteiger partial charge in [0.2, 0.25) is 5.91 Å². The van der Waals surface area contributed by atoms with Crippen LogP contribution in [0.15, 0.2) is 11.3 Å². The molecule has 0 aromatic rings. The molecule has 0 aromatic carbocycles. The van der Waals surface area contributed by atoms with Crippen molar-refractivity contribution in [1.29, 1.82) is 0 Å². The van der Waals surface area contributed by atoms with Crippen molar-refractivity contribution in [3.8, 4) is 0 Å². The molecule has 2 rings (SSSR count). The number of β-lactam (4-membered cyclic amide) rings is 1. The predicted octanol–water partition coefficient (Wildman–Crippen LogP) is -0.276. The van der Waals surface area contributed by atoms with E-state index in [1.54, 1.807) is 6.92 Å². The van der Waals surface area contributed by atoms with Crippen LogP contribution in [-0.2, 0) is 19.2 Å². The lowest BCUT2D eigenvalue weighted by atomic mass is 10.0. The molecule has 1 fully saturated rings. The topological polar surface area (TPSA) is 104 Å². The van der Waals surface area contributed by atoms with E-state index in [1.165, 1.54) is 23.6 Å². The van der Waals surface area contributed by atoms with Crippen LogP contribution >= 0.6 is 11.8 Å². The molecule has 0 radical (unpaired) electrons. The SMILES string of the molecule is CC(=O)CC(=O)NC1C(=O)N2C(C(=O)O)=C(C)CS[C@@H]12. The van der Waals surface area contributed by atoms with Crippen molar-refractivity contribution in [1.82, 2.24) is 10.2 Å². The maximum absolute atomic E-state index is 12.0. The largest absolute Gasteiger partial charge is 0.477 e. The van der Waals surface area contributed by atoms with Gasteiger partial charge in [-0.25, -0.2) is 4.79 Å². The second-order valence-corrected chi connectivity index (χ2v) is 5.87. The molecule has 108 valence electrons. The van der Waals surface area contributed by atoms with E-state index >= 15 is 0 Å². The molecule has 2 heterocycles. The number of carboxylic acids is 1. The molecule has 2 aliphatic rings. The van der Waals surface area contributed by atoms with Crippen LogP contribution in [0.2, 0.25) is 0 Å². The van der Waals surface area contributed by atoms with Crippen LogP contribution in [0.5, 0.6) is 0 Å². The van der Waals surface area contributed by atoms with Crippen molar-refractivity contribution < 1.29 is 24.3 Å². The first-order valence-corrected chi connectivity index (χ1v) is 7.04. The van der Waals surface area contributed by atoms with Crippen LogP contribution < -0.4 is 5.32 Å². The Bertz CT molecular complexity index is 542. The summed E-state index contributed by atoms with van der Waals surface area (Å²) in [4.78, 5) is 46.7. The first kappa shape index (κ1) is 14.6. The average Bonchev–Trinajstić information content (AvgIpc) is 2.34. The quantitative estimate of drug-likeness (QED) is 0.546. The number of amides is 2. The van der Waals surface area contributed by atoms with Crippen molar-refractivity contribution >= 4 is 35.3 Å². The van der Waals surface area contributed by atoms with Gasteiger partial charge in [0, 0.05) is 5.75 Å². The molecule has 2 aliphatic heterocycles.